The van der Waals surface area contributed by atoms with Crippen LogP contribution in [-0.2, 0) is 0 Å². The summed E-state index contributed by atoms with van der Waals surface area (Å²) in [5, 5.41) is 4.39. The third-order valence-electron chi connectivity index (χ3n) is 5.67. The summed E-state index contributed by atoms with van der Waals surface area (Å²) in [5.41, 5.74) is 0. The molecule has 21 heavy (non-hydrogen) atoms. The lowest BCUT2D eigenvalue weighted by Gasteiger charge is -2.21. The minimum Gasteiger partial charge on any atom is -0.155 e. The van der Waals surface area contributed by atoms with E-state index in [0.717, 1.165) is 21.0 Å². The minimum absolute atomic E-state index is 1.09. The Morgan fingerprint density at radius 1 is 0.524 bits per heavy atom. The van der Waals surface area contributed by atoms with Gasteiger partial charge in [0.15, 0.2) is 0 Å². The van der Waals surface area contributed by atoms with Crippen molar-refractivity contribution in [2.75, 3.05) is 0 Å². The van der Waals surface area contributed by atoms with Crippen molar-refractivity contribution >= 4 is 23.5 Å². The molecule has 4 unspecified atom stereocenters. The van der Waals surface area contributed by atoms with Gasteiger partial charge in [0.25, 0.3) is 0 Å². The predicted octanol–water partition coefficient (Wildman–Crippen LogP) is 6.78. The Hall–Kier alpha value is 0.700. The van der Waals surface area contributed by atoms with Crippen LogP contribution in [0.5, 0.6) is 0 Å². The summed E-state index contributed by atoms with van der Waals surface area (Å²) in [4.78, 5) is 0. The molecule has 124 valence electrons. The van der Waals surface area contributed by atoms with E-state index in [4.69, 9.17) is 0 Å². The Balaban J connectivity index is 0.000000130. The van der Waals surface area contributed by atoms with Gasteiger partial charge in [-0.1, -0.05) is 34.1 Å². The molecule has 0 amide bonds. The Morgan fingerprint density at radius 3 is 1.29 bits per heavy atom. The van der Waals surface area contributed by atoms with Gasteiger partial charge in [-0.2, -0.15) is 23.5 Å². The second-order valence-corrected chi connectivity index (χ2v) is 9.67. The molecule has 0 N–H and O–H groups in total. The van der Waals surface area contributed by atoms with Crippen LogP contribution < -0.4 is 0 Å². The molecule has 5 aliphatic rings. The van der Waals surface area contributed by atoms with E-state index in [2.05, 4.69) is 23.5 Å². The van der Waals surface area contributed by atoms with Crippen molar-refractivity contribution in [2.24, 2.45) is 11.8 Å². The maximum atomic E-state index is 2.32. The molecule has 0 aromatic rings. The van der Waals surface area contributed by atoms with Gasteiger partial charge >= 0.3 is 0 Å². The van der Waals surface area contributed by atoms with Crippen LogP contribution in [0.4, 0.5) is 0 Å². The van der Waals surface area contributed by atoms with Gasteiger partial charge in [-0.25, -0.2) is 0 Å². The highest BCUT2D eigenvalue weighted by atomic mass is 32.2. The average molecular weight is 329 g/mol. The van der Waals surface area contributed by atoms with Crippen LogP contribution in [-0.4, -0.2) is 21.0 Å². The maximum Gasteiger partial charge on any atom is 0.00816 e. The van der Waals surface area contributed by atoms with E-state index >= 15 is 0 Å². The molecule has 5 rings (SSSR count). The fourth-order valence-corrected chi connectivity index (χ4v) is 8.54. The van der Waals surface area contributed by atoms with E-state index in [1.54, 1.807) is 32.1 Å². The predicted molar refractivity (Wildman–Crippen MR) is 102 cm³/mol. The zero-order valence-corrected chi connectivity index (χ0v) is 16.3. The van der Waals surface area contributed by atoms with Crippen LogP contribution in [0.15, 0.2) is 0 Å². The molecule has 0 aromatic heterocycles. The third kappa shape index (κ3) is 4.16. The quantitative estimate of drug-likeness (QED) is 0.481. The zero-order valence-electron chi connectivity index (χ0n) is 14.6. The van der Waals surface area contributed by atoms with E-state index in [0.29, 0.717) is 0 Å². The monoisotopic (exact) mass is 328 g/mol. The maximum absolute atomic E-state index is 2.32. The van der Waals surface area contributed by atoms with Crippen molar-refractivity contribution in [3.05, 3.63) is 0 Å². The Kier molecular flexibility index (Phi) is 7.83. The third-order valence-corrected chi connectivity index (χ3v) is 9.25. The van der Waals surface area contributed by atoms with Crippen molar-refractivity contribution in [1.29, 1.82) is 0 Å². The summed E-state index contributed by atoms with van der Waals surface area (Å²) >= 11 is 4.56. The highest BCUT2D eigenvalue weighted by Crippen LogP contribution is 2.58. The topological polar surface area (TPSA) is 0 Å². The van der Waals surface area contributed by atoms with Gasteiger partial charge in [-0.15, -0.1) is 0 Å². The molecule has 5 fully saturated rings. The minimum atomic E-state index is 1.09. The second kappa shape index (κ2) is 9.11. The van der Waals surface area contributed by atoms with Crippen LogP contribution in [0.1, 0.15) is 85.5 Å². The van der Waals surface area contributed by atoms with Gasteiger partial charge in [0, 0.05) is 21.0 Å². The fourth-order valence-electron chi connectivity index (χ4n) is 4.84. The highest BCUT2D eigenvalue weighted by molar-refractivity contribution is 8.01. The fraction of sp³-hybridized carbons (Fsp3) is 1.00. The van der Waals surface area contributed by atoms with E-state index < -0.39 is 0 Å². The van der Waals surface area contributed by atoms with Gasteiger partial charge < -0.3 is 0 Å². The molecule has 0 aromatic carbocycles. The zero-order chi connectivity index (χ0) is 15.2. The Bertz CT molecular complexity index is 257. The number of fused-ring (bicyclic) bond motifs is 7. The van der Waals surface area contributed by atoms with Crippen molar-refractivity contribution in [1.82, 2.24) is 0 Å². The van der Waals surface area contributed by atoms with Gasteiger partial charge in [0.05, 0.1) is 0 Å². The smallest absolute Gasteiger partial charge is 0.00816 e. The van der Waals surface area contributed by atoms with E-state index in [-0.39, 0.29) is 0 Å². The van der Waals surface area contributed by atoms with Gasteiger partial charge in [0.1, 0.15) is 0 Å². The summed E-state index contributed by atoms with van der Waals surface area (Å²) in [7, 11) is 0. The molecule has 1 saturated carbocycles. The van der Waals surface area contributed by atoms with Gasteiger partial charge in [-0.3, -0.25) is 0 Å². The van der Waals surface area contributed by atoms with E-state index in [9.17, 15) is 0 Å². The number of hydrogen-bond acceptors (Lipinski definition) is 2. The first-order valence-corrected chi connectivity index (χ1v) is 11.6. The molecule has 4 heterocycles. The molecule has 4 saturated heterocycles. The molecule has 4 aliphatic heterocycles. The second-order valence-electron chi connectivity index (χ2n) is 6.58. The van der Waals surface area contributed by atoms with Crippen LogP contribution in [0.2, 0.25) is 0 Å². The molecular weight excluding hydrogens is 292 g/mol. The summed E-state index contributed by atoms with van der Waals surface area (Å²) in [6.45, 7) is 8.00. The lowest BCUT2D eigenvalue weighted by Crippen LogP contribution is -2.21. The lowest BCUT2D eigenvalue weighted by molar-refractivity contribution is 0.330. The van der Waals surface area contributed by atoms with Crippen molar-refractivity contribution < 1.29 is 0 Å². The number of hydrogen-bond donors (Lipinski definition) is 0. The molecule has 4 bridgehead atoms. The normalized spacial score (nSPS) is 44.0. The van der Waals surface area contributed by atoms with Crippen LogP contribution in [0.25, 0.3) is 0 Å². The number of thioether (sulfide) groups is 2. The standard InChI is InChI=1S/C9H14S.C6H10S.2C2H6/c1-2-6-7(3-1)9-5-4-8(6)10-9;1-2-6-4-3-5(1)7-6;2*1-2/h6-9H,1-5H2;5-6H,1-4H2;2*1-2H3. The summed E-state index contributed by atoms with van der Waals surface area (Å²) in [5.74, 6) is 2.34. The van der Waals surface area contributed by atoms with Crippen LogP contribution >= 0.6 is 23.5 Å². The number of rotatable bonds is 0. The molecule has 1 aliphatic carbocycles. The van der Waals surface area contributed by atoms with Crippen LogP contribution in [0, 0.1) is 11.8 Å². The molecule has 0 nitrogen and oxygen atoms in total. The molecule has 0 radical (unpaired) electrons. The van der Waals surface area contributed by atoms with E-state index in [1.807, 2.05) is 27.7 Å². The molecule has 2 heteroatoms. The van der Waals surface area contributed by atoms with Gasteiger partial charge in [0.2, 0.25) is 0 Å². The SMILES string of the molecule is C1CC2C3CCC(S3)C2C1.C1CC2CCC1S2.CC.CC. The Morgan fingerprint density at radius 2 is 0.952 bits per heavy atom. The summed E-state index contributed by atoms with van der Waals surface area (Å²) in [6, 6.07) is 0. The first kappa shape index (κ1) is 18.0. The van der Waals surface area contributed by atoms with E-state index in [1.165, 1.54) is 37.5 Å². The summed E-state index contributed by atoms with van der Waals surface area (Å²) < 4.78 is 0. The molecular formula is C19H36S2. The van der Waals surface area contributed by atoms with Crippen LogP contribution in [0.3, 0.4) is 0 Å². The largest absolute Gasteiger partial charge is 0.155 e. The highest BCUT2D eigenvalue weighted by Gasteiger charge is 2.49. The first-order chi connectivity index (χ1) is 10.4. The van der Waals surface area contributed by atoms with Crippen molar-refractivity contribution in [2.45, 2.75) is 106 Å². The molecule has 0 spiro atoms. The average Bonchev–Trinajstić information content (AvgIpc) is 3.37. The Labute approximate surface area is 142 Å². The summed E-state index contributed by atoms with van der Waals surface area (Å²) in [6.07, 6.45) is 13.9. The van der Waals surface area contributed by atoms with Crippen molar-refractivity contribution in [3.63, 3.8) is 0 Å². The first-order valence-electron chi connectivity index (χ1n) is 9.71. The molecule has 4 atom stereocenters. The van der Waals surface area contributed by atoms with Gasteiger partial charge in [-0.05, 0) is 63.2 Å². The lowest BCUT2D eigenvalue weighted by atomic mass is 9.82. The van der Waals surface area contributed by atoms with Crippen molar-refractivity contribution in [3.8, 4) is 0 Å².